The third-order valence-electron chi connectivity index (χ3n) is 8.26. The number of nitrogens with one attached hydrogen (secondary N) is 1. The molecule has 5 heteroatoms. The van der Waals surface area contributed by atoms with Crippen LogP contribution in [-0.2, 0) is 6.42 Å². The van der Waals surface area contributed by atoms with Crippen LogP contribution in [0.1, 0.15) is 87.8 Å². The molecule has 2 N–H and O–H groups in total. The lowest BCUT2D eigenvalue weighted by Crippen LogP contribution is -2.49. The van der Waals surface area contributed by atoms with Crippen molar-refractivity contribution in [3.63, 3.8) is 0 Å². The van der Waals surface area contributed by atoms with Crippen LogP contribution in [0, 0.1) is 10.8 Å². The zero-order valence-electron chi connectivity index (χ0n) is 24.6. The predicted molar refractivity (Wildman–Crippen MR) is 162 cm³/mol. The molecule has 0 bridgehead atoms. The molecule has 0 radical (unpaired) electrons. The summed E-state index contributed by atoms with van der Waals surface area (Å²) >= 11 is 0. The summed E-state index contributed by atoms with van der Waals surface area (Å²) in [7, 11) is 0. The summed E-state index contributed by atoms with van der Waals surface area (Å²) < 4.78 is 0. The highest BCUT2D eigenvalue weighted by molar-refractivity contribution is 5.97. The maximum atomic E-state index is 13.8. The van der Waals surface area contributed by atoms with Gasteiger partial charge in [-0.3, -0.25) is 9.69 Å². The van der Waals surface area contributed by atoms with Crippen molar-refractivity contribution in [3.8, 4) is 11.1 Å². The van der Waals surface area contributed by atoms with Gasteiger partial charge in [0.15, 0.2) is 0 Å². The minimum atomic E-state index is -0.924. The van der Waals surface area contributed by atoms with E-state index in [-0.39, 0.29) is 17.4 Å². The van der Waals surface area contributed by atoms with Crippen molar-refractivity contribution in [2.24, 2.45) is 10.8 Å². The fraction of sp³-hybridized carbons (Fsp3) is 0.429. The Morgan fingerprint density at radius 1 is 0.925 bits per heavy atom. The van der Waals surface area contributed by atoms with Gasteiger partial charge in [0.25, 0.3) is 5.91 Å². The maximum absolute atomic E-state index is 13.8. The first-order valence-corrected chi connectivity index (χ1v) is 14.5. The van der Waals surface area contributed by atoms with Gasteiger partial charge in [0, 0.05) is 18.2 Å². The summed E-state index contributed by atoms with van der Waals surface area (Å²) in [6.07, 6.45) is 3.42. The van der Waals surface area contributed by atoms with Crippen LogP contribution in [0.2, 0.25) is 0 Å². The molecule has 1 atom stereocenters. The maximum Gasteiger partial charge on any atom is 0.408 e. The van der Waals surface area contributed by atoms with Crippen LogP contribution >= 0.6 is 0 Å². The largest absolute Gasteiger partial charge is 0.465 e. The number of carbonyl (C=O) groups excluding carboxylic acids is 1. The number of rotatable bonds is 8. The van der Waals surface area contributed by atoms with Crippen LogP contribution in [0.25, 0.3) is 11.1 Å². The van der Waals surface area contributed by atoms with Crippen molar-refractivity contribution >= 4 is 12.0 Å². The molecule has 1 saturated carbocycles. The van der Waals surface area contributed by atoms with Crippen molar-refractivity contribution in [1.82, 2.24) is 10.2 Å². The van der Waals surface area contributed by atoms with Gasteiger partial charge in [-0.2, -0.15) is 0 Å². The van der Waals surface area contributed by atoms with E-state index >= 15 is 0 Å². The molecule has 1 aliphatic carbocycles. The van der Waals surface area contributed by atoms with E-state index in [9.17, 15) is 14.7 Å². The molecule has 0 spiro atoms. The summed E-state index contributed by atoms with van der Waals surface area (Å²) in [5.41, 5.74) is 4.20. The normalized spacial score (nSPS) is 16.2. The standard InChI is InChI=1S/C35H44N2O3/c1-34(2,3)31(37(33(39)40)28-18-21-35(4,5)22-19-28)29-17-16-27(26-14-10-7-11-15-26)24-30(29)32(38)36-23-20-25-12-8-6-9-13-25/h6-17,24,28,31H,18-23H2,1-5H3,(H,36,38)(H,39,40). The van der Waals surface area contributed by atoms with Crippen molar-refractivity contribution in [1.29, 1.82) is 0 Å². The van der Waals surface area contributed by atoms with E-state index in [0.29, 0.717) is 12.1 Å². The number of carboxylic acid groups (broad SMARTS) is 1. The van der Waals surface area contributed by atoms with Crippen LogP contribution < -0.4 is 5.32 Å². The Kier molecular flexibility index (Phi) is 9.02. The summed E-state index contributed by atoms with van der Waals surface area (Å²) in [5.74, 6) is -0.173. The van der Waals surface area contributed by atoms with Crippen molar-refractivity contribution in [2.75, 3.05) is 6.54 Å². The van der Waals surface area contributed by atoms with Gasteiger partial charge < -0.3 is 10.4 Å². The highest BCUT2D eigenvalue weighted by Gasteiger charge is 2.42. The van der Waals surface area contributed by atoms with Gasteiger partial charge in [0.2, 0.25) is 0 Å². The highest BCUT2D eigenvalue weighted by Crippen LogP contribution is 2.45. The average molecular weight is 541 g/mol. The number of hydrogen-bond acceptors (Lipinski definition) is 2. The SMILES string of the molecule is CC1(C)CCC(N(C(=O)O)C(c2ccc(-c3ccccc3)cc2C(=O)NCCc2ccccc2)C(C)(C)C)CC1. The van der Waals surface area contributed by atoms with Crippen LogP contribution in [0.5, 0.6) is 0 Å². The summed E-state index contributed by atoms with van der Waals surface area (Å²) in [5, 5.41) is 13.7. The third kappa shape index (κ3) is 7.12. The van der Waals surface area contributed by atoms with Crippen molar-refractivity contribution in [2.45, 2.75) is 78.8 Å². The van der Waals surface area contributed by atoms with Gasteiger partial charge in [-0.1, -0.05) is 107 Å². The molecule has 3 aromatic carbocycles. The lowest BCUT2D eigenvalue weighted by Gasteiger charge is -2.46. The van der Waals surface area contributed by atoms with E-state index < -0.39 is 17.6 Å². The highest BCUT2D eigenvalue weighted by atomic mass is 16.4. The first kappa shape index (κ1) is 29.4. The van der Waals surface area contributed by atoms with Crippen molar-refractivity contribution in [3.05, 3.63) is 95.6 Å². The molecule has 0 aliphatic heterocycles. The summed E-state index contributed by atoms with van der Waals surface area (Å²) in [6.45, 7) is 11.2. The second-order valence-electron chi connectivity index (χ2n) is 13.0. The van der Waals surface area contributed by atoms with E-state index in [0.717, 1.165) is 54.4 Å². The Bertz CT molecular complexity index is 1290. The molecule has 1 fully saturated rings. The second kappa shape index (κ2) is 12.3. The minimum Gasteiger partial charge on any atom is -0.465 e. The van der Waals surface area contributed by atoms with Crippen LogP contribution in [0.3, 0.4) is 0 Å². The summed E-state index contributed by atoms with van der Waals surface area (Å²) in [6, 6.07) is 25.5. The molecule has 3 aromatic rings. The van der Waals surface area contributed by atoms with E-state index in [1.165, 1.54) is 0 Å². The number of nitrogens with zero attached hydrogens (tertiary/aromatic N) is 1. The lowest BCUT2D eigenvalue weighted by atomic mass is 9.73. The van der Waals surface area contributed by atoms with E-state index in [1.54, 1.807) is 4.90 Å². The monoisotopic (exact) mass is 540 g/mol. The number of carbonyl (C=O) groups is 2. The molecule has 2 amide bonds. The first-order chi connectivity index (χ1) is 19.0. The number of benzene rings is 3. The molecule has 4 rings (SSSR count). The van der Waals surface area contributed by atoms with E-state index in [1.807, 2.05) is 66.7 Å². The van der Waals surface area contributed by atoms with Crippen LogP contribution in [0.4, 0.5) is 4.79 Å². The van der Waals surface area contributed by atoms with Gasteiger partial charge in [-0.05, 0) is 71.3 Å². The summed E-state index contributed by atoms with van der Waals surface area (Å²) in [4.78, 5) is 28.5. The molecule has 1 aliphatic rings. The molecule has 40 heavy (non-hydrogen) atoms. The Labute approximate surface area is 239 Å². The molecular weight excluding hydrogens is 496 g/mol. The molecule has 0 saturated heterocycles. The van der Waals surface area contributed by atoms with E-state index in [4.69, 9.17) is 0 Å². The Balaban J connectivity index is 1.74. The molecule has 0 heterocycles. The van der Waals surface area contributed by atoms with Crippen LogP contribution in [0.15, 0.2) is 78.9 Å². The van der Waals surface area contributed by atoms with Gasteiger partial charge in [-0.15, -0.1) is 0 Å². The Hall–Kier alpha value is -3.60. The Morgan fingerprint density at radius 3 is 2.10 bits per heavy atom. The average Bonchev–Trinajstić information content (AvgIpc) is 2.92. The Morgan fingerprint density at radius 2 is 1.52 bits per heavy atom. The topological polar surface area (TPSA) is 69.6 Å². The number of hydrogen-bond donors (Lipinski definition) is 2. The van der Waals surface area contributed by atoms with Gasteiger partial charge >= 0.3 is 6.09 Å². The predicted octanol–water partition coefficient (Wildman–Crippen LogP) is 8.36. The molecule has 1 unspecified atom stereocenters. The molecule has 212 valence electrons. The molecule has 5 nitrogen and oxygen atoms in total. The van der Waals surface area contributed by atoms with Gasteiger partial charge in [0.1, 0.15) is 0 Å². The van der Waals surface area contributed by atoms with Gasteiger partial charge in [-0.25, -0.2) is 4.79 Å². The third-order valence-corrected chi connectivity index (χ3v) is 8.26. The molecule has 0 aromatic heterocycles. The smallest absolute Gasteiger partial charge is 0.408 e. The zero-order chi connectivity index (χ0) is 28.9. The first-order valence-electron chi connectivity index (χ1n) is 14.5. The fourth-order valence-electron chi connectivity index (χ4n) is 6.04. The lowest BCUT2D eigenvalue weighted by molar-refractivity contribution is 0.0275. The number of amides is 2. The minimum absolute atomic E-state index is 0.0856. The quantitative estimate of drug-likeness (QED) is 0.302. The van der Waals surface area contributed by atoms with Crippen molar-refractivity contribution < 1.29 is 14.7 Å². The van der Waals surface area contributed by atoms with E-state index in [2.05, 4.69) is 52.1 Å². The zero-order valence-corrected chi connectivity index (χ0v) is 24.6. The van der Waals surface area contributed by atoms with Gasteiger partial charge in [0.05, 0.1) is 6.04 Å². The van der Waals surface area contributed by atoms with Crippen LogP contribution in [-0.4, -0.2) is 34.6 Å². The molecular formula is C35H44N2O3. The second-order valence-corrected chi connectivity index (χ2v) is 13.0. The fourth-order valence-corrected chi connectivity index (χ4v) is 6.04.